The van der Waals surface area contributed by atoms with Crippen LogP contribution in [0.2, 0.25) is 10.0 Å². The first kappa shape index (κ1) is 18.2. The number of hydrogen-bond acceptors (Lipinski definition) is 5. The molecule has 2 aromatic carbocycles. The van der Waals surface area contributed by atoms with Crippen LogP contribution in [0, 0.1) is 6.92 Å². The van der Waals surface area contributed by atoms with Gasteiger partial charge in [0.2, 0.25) is 0 Å². The summed E-state index contributed by atoms with van der Waals surface area (Å²) in [4.78, 5) is 20.9. The number of anilines is 1. The summed E-state index contributed by atoms with van der Waals surface area (Å²) in [7, 11) is 0. The molecule has 2 aromatic heterocycles. The molecule has 2 heterocycles. The molecule has 0 aliphatic rings. The van der Waals surface area contributed by atoms with Gasteiger partial charge < -0.3 is 0 Å². The molecule has 28 heavy (non-hydrogen) atoms. The van der Waals surface area contributed by atoms with Crippen LogP contribution in [0.4, 0.5) is 5.82 Å². The van der Waals surface area contributed by atoms with E-state index in [9.17, 15) is 4.79 Å². The van der Waals surface area contributed by atoms with Crippen molar-refractivity contribution in [3.63, 3.8) is 0 Å². The minimum absolute atomic E-state index is 0.354. The SMILES string of the molecule is Cc1ccc(Cl)cc1-n1ncc2c(NNC(=O)c3ccccc3Cl)ncnc21. The highest BCUT2D eigenvalue weighted by Gasteiger charge is 2.14. The van der Waals surface area contributed by atoms with Crippen LogP contribution >= 0.6 is 23.2 Å². The van der Waals surface area contributed by atoms with Crippen molar-refractivity contribution >= 4 is 46.0 Å². The van der Waals surface area contributed by atoms with Crippen LogP contribution in [0.25, 0.3) is 16.7 Å². The molecule has 0 radical (unpaired) electrons. The van der Waals surface area contributed by atoms with Gasteiger partial charge >= 0.3 is 0 Å². The van der Waals surface area contributed by atoms with Gasteiger partial charge in [0, 0.05) is 5.02 Å². The van der Waals surface area contributed by atoms with Gasteiger partial charge in [-0.2, -0.15) is 5.10 Å². The largest absolute Gasteiger partial charge is 0.281 e. The fraction of sp³-hybridized carbons (Fsp3) is 0.0526. The van der Waals surface area contributed by atoms with Gasteiger partial charge in [-0.3, -0.25) is 15.6 Å². The number of halogens is 2. The van der Waals surface area contributed by atoms with Crippen LogP contribution in [-0.2, 0) is 0 Å². The van der Waals surface area contributed by atoms with E-state index < -0.39 is 0 Å². The highest BCUT2D eigenvalue weighted by atomic mass is 35.5. The Hall–Kier alpha value is -3.16. The van der Waals surface area contributed by atoms with E-state index in [1.54, 1.807) is 35.1 Å². The van der Waals surface area contributed by atoms with Crippen molar-refractivity contribution in [3.8, 4) is 5.69 Å². The Morgan fingerprint density at radius 2 is 1.93 bits per heavy atom. The fourth-order valence-electron chi connectivity index (χ4n) is 2.76. The number of fused-ring (bicyclic) bond motifs is 1. The molecule has 140 valence electrons. The molecule has 9 heteroatoms. The van der Waals surface area contributed by atoms with Gasteiger partial charge in [0.1, 0.15) is 6.33 Å². The Labute approximate surface area is 170 Å². The van der Waals surface area contributed by atoms with Crippen molar-refractivity contribution in [2.24, 2.45) is 0 Å². The first-order chi connectivity index (χ1) is 13.5. The number of carbonyl (C=O) groups is 1. The Morgan fingerprint density at radius 3 is 2.75 bits per heavy atom. The van der Waals surface area contributed by atoms with Gasteiger partial charge in [0.05, 0.1) is 27.9 Å². The van der Waals surface area contributed by atoms with E-state index in [0.29, 0.717) is 32.5 Å². The lowest BCUT2D eigenvalue weighted by Gasteiger charge is -2.10. The zero-order valence-electron chi connectivity index (χ0n) is 14.6. The first-order valence-corrected chi connectivity index (χ1v) is 9.06. The number of benzene rings is 2. The monoisotopic (exact) mass is 412 g/mol. The van der Waals surface area contributed by atoms with Crippen molar-refractivity contribution in [1.29, 1.82) is 0 Å². The van der Waals surface area contributed by atoms with Crippen LogP contribution < -0.4 is 10.9 Å². The lowest BCUT2D eigenvalue weighted by atomic mass is 10.2. The van der Waals surface area contributed by atoms with E-state index in [1.807, 2.05) is 25.1 Å². The third-order valence-electron chi connectivity index (χ3n) is 4.18. The zero-order valence-corrected chi connectivity index (χ0v) is 16.2. The number of aryl methyl sites for hydroxylation is 1. The van der Waals surface area contributed by atoms with Crippen LogP contribution in [0.3, 0.4) is 0 Å². The summed E-state index contributed by atoms with van der Waals surface area (Å²) in [6.07, 6.45) is 3.02. The first-order valence-electron chi connectivity index (χ1n) is 8.31. The number of amides is 1. The topological polar surface area (TPSA) is 84.7 Å². The van der Waals surface area contributed by atoms with Crippen LogP contribution in [-0.4, -0.2) is 25.7 Å². The lowest BCUT2D eigenvalue weighted by Crippen LogP contribution is -2.30. The van der Waals surface area contributed by atoms with Crippen LogP contribution in [0.5, 0.6) is 0 Å². The predicted octanol–water partition coefficient (Wildman–Crippen LogP) is 4.19. The summed E-state index contributed by atoms with van der Waals surface area (Å²) in [5, 5.41) is 6.01. The molecular formula is C19H14Cl2N6O. The highest BCUT2D eigenvalue weighted by Crippen LogP contribution is 2.25. The fourth-order valence-corrected chi connectivity index (χ4v) is 3.15. The van der Waals surface area contributed by atoms with Gasteiger partial charge in [-0.25, -0.2) is 14.6 Å². The molecule has 0 saturated carbocycles. The average Bonchev–Trinajstić information content (AvgIpc) is 3.13. The maximum atomic E-state index is 12.3. The van der Waals surface area contributed by atoms with E-state index in [1.165, 1.54) is 6.33 Å². The Bertz CT molecular complexity index is 1190. The van der Waals surface area contributed by atoms with E-state index in [2.05, 4.69) is 25.9 Å². The zero-order chi connectivity index (χ0) is 19.7. The van der Waals surface area contributed by atoms with Gasteiger partial charge in [-0.1, -0.05) is 41.4 Å². The molecule has 0 aliphatic heterocycles. The molecule has 0 spiro atoms. The second-order valence-electron chi connectivity index (χ2n) is 6.01. The summed E-state index contributed by atoms with van der Waals surface area (Å²) in [5.41, 5.74) is 8.15. The van der Waals surface area contributed by atoms with Crippen molar-refractivity contribution in [2.75, 3.05) is 5.43 Å². The second kappa shape index (κ2) is 7.46. The minimum Gasteiger partial charge on any atom is -0.281 e. The Kier molecular flexibility index (Phi) is 4.85. The summed E-state index contributed by atoms with van der Waals surface area (Å²) < 4.78 is 1.68. The van der Waals surface area contributed by atoms with Gasteiger partial charge in [-0.15, -0.1) is 0 Å². The molecule has 7 nitrogen and oxygen atoms in total. The van der Waals surface area contributed by atoms with Crippen LogP contribution in [0.1, 0.15) is 15.9 Å². The van der Waals surface area contributed by atoms with Gasteiger partial charge in [-0.05, 0) is 36.8 Å². The van der Waals surface area contributed by atoms with Crippen LogP contribution in [0.15, 0.2) is 55.0 Å². The predicted molar refractivity (Wildman–Crippen MR) is 109 cm³/mol. The lowest BCUT2D eigenvalue weighted by molar-refractivity contribution is 0.0962. The van der Waals surface area contributed by atoms with Crippen molar-refractivity contribution in [1.82, 2.24) is 25.2 Å². The maximum absolute atomic E-state index is 12.3. The second-order valence-corrected chi connectivity index (χ2v) is 6.85. The van der Waals surface area contributed by atoms with Crippen molar-refractivity contribution in [2.45, 2.75) is 6.92 Å². The number of carbonyl (C=O) groups excluding carboxylic acids is 1. The number of aromatic nitrogens is 4. The van der Waals surface area contributed by atoms with Crippen molar-refractivity contribution in [3.05, 3.63) is 76.2 Å². The molecule has 2 N–H and O–H groups in total. The molecule has 0 aliphatic carbocycles. The molecule has 0 saturated heterocycles. The van der Waals surface area contributed by atoms with E-state index in [4.69, 9.17) is 23.2 Å². The number of hydrazine groups is 1. The standard InChI is InChI=1S/C19H14Cl2N6O/c1-11-6-7-12(20)8-16(11)27-18-14(9-24-27)17(22-10-23-18)25-26-19(28)13-4-2-3-5-15(13)21/h2-10H,1H3,(H,26,28)(H,22,23,25). The molecule has 0 atom stereocenters. The molecule has 4 rings (SSSR count). The maximum Gasteiger partial charge on any atom is 0.271 e. The third kappa shape index (κ3) is 3.37. The van der Waals surface area contributed by atoms with E-state index in [0.717, 1.165) is 11.3 Å². The average molecular weight is 413 g/mol. The Balaban J connectivity index is 1.65. The number of nitrogens with one attached hydrogen (secondary N) is 2. The molecule has 4 aromatic rings. The van der Waals surface area contributed by atoms with Gasteiger partial charge in [0.25, 0.3) is 5.91 Å². The van der Waals surface area contributed by atoms with Crippen molar-refractivity contribution < 1.29 is 4.79 Å². The number of rotatable bonds is 4. The number of nitrogens with zero attached hydrogens (tertiary/aromatic N) is 4. The molecule has 0 unspecified atom stereocenters. The summed E-state index contributed by atoms with van der Waals surface area (Å²) in [5.74, 6) is 0.0341. The van der Waals surface area contributed by atoms with E-state index >= 15 is 0 Å². The summed E-state index contributed by atoms with van der Waals surface area (Å²) in [6, 6.07) is 12.3. The summed E-state index contributed by atoms with van der Waals surface area (Å²) >= 11 is 12.2. The highest BCUT2D eigenvalue weighted by molar-refractivity contribution is 6.33. The Morgan fingerprint density at radius 1 is 1.11 bits per heavy atom. The molecule has 1 amide bonds. The van der Waals surface area contributed by atoms with E-state index in [-0.39, 0.29) is 5.91 Å². The third-order valence-corrected chi connectivity index (χ3v) is 4.74. The molecule has 0 fully saturated rings. The minimum atomic E-state index is -0.379. The quantitative estimate of drug-likeness (QED) is 0.490. The van der Waals surface area contributed by atoms with Gasteiger partial charge in [0.15, 0.2) is 11.5 Å². The molecular weight excluding hydrogens is 399 g/mol. The smallest absolute Gasteiger partial charge is 0.271 e. The summed E-state index contributed by atoms with van der Waals surface area (Å²) in [6.45, 7) is 1.96. The number of hydrogen-bond donors (Lipinski definition) is 2. The molecule has 0 bridgehead atoms. The normalized spacial score (nSPS) is 10.8.